The first kappa shape index (κ1) is 22.9. The van der Waals surface area contributed by atoms with Crippen LogP contribution in [0.15, 0.2) is 116 Å². The second kappa shape index (κ2) is 11.5. The smallest absolute Gasteiger partial charge is 0.0520 e. The van der Waals surface area contributed by atoms with E-state index in [2.05, 4.69) is 84.0 Å². The number of rotatable bonds is 9. The normalized spacial score (nSPS) is 12.9. The first-order chi connectivity index (χ1) is 15.7. The maximum Gasteiger partial charge on any atom is 0.0520 e. The molecule has 3 aromatic rings. The Kier molecular flexibility index (Phi) is 8.24. The molecule has 0 spiro atoms. The minimum atomic E-state index is 0.0609. The van der Waals surface area contributed by atoms with Crippen molar-refractivity contribution in [1.82, 2.24) is 5.32 Å². The van der Waals surface area contributed by atoms with Crippen LogP contribution in [0.4, 0.5) is 11.4 Å². The predicted octanol–water partition coefficient (Wildman–Crippen LogP) is 6.84. The highest BCUT2D eigenvalue weighted by Gasteiger charge is 2.09. The van der Waals surface area contributed by atoms with Gasteiger partial charge in [-0.1, -0.05) is 73.3 Å². The minimum Gasteiger partial charge on any atom is -0.405 e. The van der Waals surface area contributed by atoms with Crippen molar-refractivity contribution in [3.05, 3.63) is 133 Å². The molecule has 0 fully saturated rings. The molecule has 3 heteroatoms. The maximum absolute atomic E-state index is 5.63. The predicted molar refractivity (Wildman–Crippen MR) is 140 cm³/mol. The quantitative estimate of drug-likeness (QED) is 0.332. The first-order valence-corrected chi connectivity index (χ1v) is 10.8. The fraction of sp³-hybridized carbons (Fsp3) is 0.103. The summed E-state index contributed by atoms with van der Waals surface area (Å²) in [5.74, 6) is 0. The summed E-state index contributed by atoms with van der Waals surface area (Å²) < 4.78 is 0. The molecule has 0 aromatic heterocycles. The molecule has 3 aromatic carbocycles. The summed E-state index contributed by atoms with van der Waals surface area (Å²) in [4.78, 5) is 0. The molecule has 32 heavy (non-hydrogen) atoms. The van der Waals surface area contributed by atoms with E-state index in [1.54, 1.807) is 6.20 Å². The molecular weight excluding hydrogens is 390 g/mol. The van der Waals surface area contributed by atoms with Crippen LogP contribution in [0, 0.1) is 0 Å². The summed E-state index contributed by atoms with van der Waals surface area (Å²) >= 11 is 0. The highest BCUT2D eigenvalue weighted by atomic mass is 14.9. The van der Waals surface area contributed by atoms with Crippen molar-refractivity contribution < 1.29 is 0 Å². The second-order valence-corrected chi connectivity index (χ2v) is 7.44. The third-order valence-corrected chi connectivity index (χ3v) is 5.20. The molecule has 1 unspecified atom stereocenters. The molecule has 3 nitrogen and oxygen atoms in total. The summed E-state index contributed by atoms with van der Waals surface area (Å²) in [6.45, 7) is 6.41. The topological polar surface area (TPSA) is 50.1 Å². The number of nitrogens with one attached hydrogen (secondary N) is 2. The molecule has 0 bridgehead atoms. The molecule has 162 valence electrons. The second-order valence-electron chi connectivity index (χ2n) is 7.44. The van der Waals surface area contributed by atoms with Crippen LogP contribution in [-0.2, 0) is 0 Å². The summed E-state index contributed by atoms with van der Waals surface area (Å²) in [6.07, 6.45) is 9.83. The summed E-state index contributed by atoms with van der Waals surface area (Å²) in [6, 6.07) is 27.0. The lowest BCUT2D eigenvalue weighted by Crippen LogP contribution is -2.14. The zero-order valence-electron chi connectivity index (χ0n) is 18.8. The number of nitrogens with two attached hydrogens (primary N) is 1. The Labute approximate surface area is 191 Å². The average Bonchev–Trinajstić information content (AvgIpc) is 2.83. The molecule has 0 saturated heterocycles. The lowest BCUT2D eigenvalue weighted by molar-refractivity contribution is 0.713. The number of allylic oxidation sites excluding steroid dienone is 5. The van der Waals surface area contributed by atoms with Crippen LogP contribution >= 0.6 is 0 Å². The number of hydrogen-bond acceptors (Lipinski definition) is 3. The van der Waals surface area contributed by atoms with Crippen molar-refractivity contribution in [3.8, 4) is 0 Å². The van der Waals surface area contributed by atoms with Gasteiger partial charge in [0.2, 0.25) is 0 Å². The highest BCUT2D eigenvalue weighted by molar-refractivity contribution is 5.90. The van der Waals surface area contributed by atoms with Crippen LogP contribution in [0.1, 0.15) is 29.7 Å². The molecule has 0 aliphatic heterocycles. The summed E-state index contributed by atoms with van der Waals surface area (Å²) in [7, 11) is 1.93. The Morgan fingerprint density at radius 2 is 1.72 bits per heavy atom. The van der Waals surface area contributed by atoms with Crippen molar-refractivity contribution in [2.75, 3.05) is 12.4 Å². The number of benzene rings is 3. The van der Waals surface area contributed by atoms with Crippen LogP contribution in [-0.4, -0.2) is 7.05 Å². The van der Waals surface area contributed by atoms with Gasteiger partial charge >= 0.3 is 0 Å². The monoisotopic (exact) mass is 421 g/mol. The molecular formula is C29H31N3. The van der Waals surface area contributed by atoms with E-state index in [1.165, 1.54) is 0 Å². The molecule has 1 atom stereocenters. The molecule has 0 aliphatic carbocycles. The van der Waals surface area contributed by atoms with Gasteiger partial charge in [-0.3, -0.25) is 0 Å². The van der Waals surface area contributed by atoms with Crippen molar-refractivity contribution in [2.45, 2.75) is 13.0 Å². The standard InChI is InChI=1S/C29H31N3/c1-4-11-23(24-12-10-13-25(21-24)28(31-3)18-19-30)20-22(2)27-16-8-9-17-29(27)32-26-14-6-5-7-15-26/h4-21,28,31-32H,2,30H2,1,3H3/b11-4-,19-18-,23-20+. The first-order valence-electron chi connectivity index (χ1n) is 10.8. The molecule has 0 heterocycles. The summed E-state index contributed by atoms with van der Waals surface area (Å²) in [5, 5.41) is 6.79. The van der Waals surface area contributed by atoms with E-state index in [9.17, 15) is 0 Å². The Hall–Kier alpha value is -3.82. The van der Waals surface area contributed by atoms with Gasteiger partial charge in [0.1, 0.15) is 0 Å². The van der Waals surface area contributed by atoms with Crippen LogP contribution in [0.2, 0.25) is 0 Å². The Morgan fingerprint density at radius 3 is 2.44 bits per heavy atom. The van der Waals surface area contributed by atoms with Crippen LogP contribution < -0.4 is 16.4 Å². The Morgan fingerprint density at radius 1 is 0.969 bits per heavy atom. The fourth-order valence-corrected chi connectivity index (χ4v) is 3.62. The fourth-order valence-electron chi connectivity index (χ4n) is 3.62. The number of para-hydroxylation sites is 2. The number of likely N-dealkylation sites (N-methyl/N-ethyl adjacent to an activating group) is 1. The lowest BCUT2D eigenvalue weighted by Gasteiger charge is -2.15. The van der Waals surface area contributed by atoms with E-state index in [-0.39, 0.29) is 6.04 Å². The zero-order chi connectivity index (χ0) is 22.8. The SMILES string of the molecule is C=C(/C=C(\C=C/C)c1cccc(C(/C=C\N)NC)c1)c1ccccc1Nc1ccccc1. The zero-order valence-corrected chi connectivity index (χ0v) is 18.8. The van der Waals surface area contributed by atoms with Gasteiger partial charge in [0.05, 0.1) is 6.04 Å². The Bertz CT molecular complexity index is 1120. The molecule has 4 N–H and O–H groups in total. The third-order valence-electron chi connectivity index (χ3n) is 5.20. The molecule has 0 aliphatic rings. The van der Waals surface area contributed by atoms with Crippen molar-refractivity contribution >= 4 is 22.5 Å². The van der Waals surface area contributed by atoms with E-state index in [0.29, 0.717) is 0 Å². The van der Waals surface area contributed by atoms with E-state index in [0.717, 1.165) is 39.2 Å². The molecule has 0 radical (unpaired) electrons. The van der Waals surface area contributed by atoms with Gasteiger partial charge in [0, 0.05) is 16.9 Å². The van der Waals surface area contributed by atoms with Gasteiger partial charge < -0.3 is 16.4 Å². The lowest BCUT2D eigenvalue weighted by atomic mass is 9.95. The third kappa shape index (κ3) is 5.87. The van der Waals surface area contributed by atoms with Gasteiger partial charge in [-0.2, -0.15) is 0 Å². The van der Waals surface area contributed by atoms with Crippen molar-refractivity contribution in [3.63, 3.8) is 0 Å². The van der Waals surface area contributed by atoms with Gasteiger partial charge in [-0.25, -0.2) is 0 Å². The van der Waals surface area contributed by atoms with E-state index >= 15 is 0 Å². The number of hydrogen-bond donors (Lipinski definition) is 3. The molecule has 3 rings (SSSR count). The van der Waals surface area contributed by atoms with E-state index < -0.39 is 0 Å². The van der Waals surface area contributed by atoms with E-state index in [1.807, 2.05) is 50.4 Å². The van der Waals surface area contributed by atoms with Gasteiger partial charge in [-0.15, -0.1) is 0 Å². The van der Waals surface area contributed by atoms with Crippen LogP contribution in [0.5, 0.6) is 0 Å². The number of anilines is 2. The molecule has 0 saturated carbocycles. The van der Waals surface area contributed by atoms with Gasteiger partial charge in [0.15, 0.2) is 0 Å². The van der Waals surface area contributed by atoms with Crippen LogP contribution in [0.25, 0.3) is 11.1 Å². The largest absolute Gasteiger partial charge is 0.405 e. The minimum absolute atomic E-state index is 0.0609. The van der Waals surface area contributed by atoms with Crippen molar-refractivity contribution in [1.29, 1.82) is 0 Å². The average molecular weight is 422 g/mol. The maximum atomic E-state index is 5.63. The van der Waals surface area contributed by atoms with Gasteiger partial charge in [-0.05, 0) is 78.9 Å². The molecule has 0 amide bonds. The Balaban J connectivity index is 1.96. The van der Waals surface area contributed by atoms with Crippen molar-refractivity contribution in [2.24, 2.45) is 5.73 Å². The van der Waals surface area contributed by atoms with E-state index in [4.69, 9.17) is 5.73 Å². The van der Waals surface area contributed by atoms with Gasteiger partial charge in [0.25, 0.3) is 0 Å². The highest BCUT2D eigenvalue weighted by Crippen LogP contribution is 2.30. The van der Waals surface area contributed by atoms with Crippen LogP contribution in [0.3, 0.4) is 0 Å². The summed E-state index contributed by atoms with van der Waals surface area (Å²) in [5.41, 5.74) is 13.1.